The van der Waals surface area contributed by atoms with Gasteiger partial charge in [-0.15, -0.1) is 5.10 Å². The Kier molecular flexibility index (Phi) is 4.80. The maximum atomic E-state index is 13.3. The second-order valence-corrected chi connectivity index (χ2v) is 7.13. The fourth-order valence-corrected chi connectivity index (χ4v) is 3.69. The van der Waals surface area contributed by atoms with Crippen molar-refractivity contribution in [3.8, 4) is 5.75 Å². The summed E-state index contributed by atoms with van der Waals surface area (Å²) < 4.78 is 13.0. The zero-order chi connectivity index (χ0) is 21.2. The van der Waals surface area contributed by atoms with Crippen LogP contribution in [0.2, 0.25) is 0 Å². The van der Waals surface area contributed by atoms with Gasteiger partial charge in [-0.3, -0.25) is 4.79 Å². The maximum Gasteiger partial charge on any atom is 0.249 e. The topological polar surface area (TPSA) is 95.1 Å². The van der Waals surface area contributed by atoms with Crippen molar-refractivity contribution in [2.45, 2.75) is 12.5 Å². The molecule has 8 nitrogen and oxygen atoms in total. The lowest BCUT2D eigenvalue weighted by Gasteiger charge is -2.17. The van der Waals surface area contributed by atoms with Gasteiger partial charge < -0.3 is 14.5 Å². The molecule has 8 heteroatoms. The van der Waals surface area contributed by atoms with E-state index in [9.17, 15) is 4.79 Å². The largest absolute Gasteiger partial charge is 0.495 e. The van der Waals surface area contributed by atoms with Gasteiger partial charge in [0, 0.05) is 23.3 Å². The van der Waals surface area contributed by atoms with Crippen LogP contribution >= 0.6 is 0 Å². The maximum absolute atomic E-state index is 13.3. The number of para-hydroxylation sites is 1. The van der Waals surface area contributed by atoms with E-state index in [1.165, 1.54) is 11.0 Å². The molecule has 0 radical (unpaired) electrons. The summed E-state index contributed by atoms with van der Waals surface area (Å²) in [6.07, 6.45) is 1.87. The van der Waals surface area contributed by atoms with E-state index in [1.54, 1.807) is 13.2 Å². The number of benzene rings is 3. The number of rotatable bonds is 6. The van der Waals surface area contributed by atoms with E-state index in [2.05, 4.69) is 20.8 Å². The Bertz CT molecular complexity index is 1350. The quantitative estimate of drug-likeness (QED) is 0.452. The Morgan fingerprint density at radius 3 is 2.65 bits per heavy atom. The average molecular weight is 413 g/mol. The molecule has 0 aliphatic rings. The zero-order valence-electron chi connectivity index (χ0n) is 16.7. The normalized spacial score (nSPS) is 12.2. The molecule has 1 amide bonds. The van der Waals surface area contributed by atoms with Gasteiger partial charge in [0.05, 0.1) is 12.8 Å². The molecule has 0 aliphatic carbocycles. The number of carbonyl (C=O) groups is 1. The third kappa shape index (κ3) is 3.59. The van der Waals surface area contributed by atoms with E-state index < -0.39 is 6.04 Å². The number of nitrogens with one attached hydrogen (secondary N) is 1. The van der Waals surface area contributed by atoms with E-state index in [0.29, 0.717) is 23.4 Å². The van der Waals surface area contributed by atoms with E-state index in [4.69, 9.17) is 9.15 Å². The van der Waals surface area contributed by atoms with Crippen molar-refractivity contribution < 1.29 is 13.9 Å². The Morgan fingerprint density at radius 1 is 1.06 bits per heavy atom. The minimum atomic E-state index is -0.631. The van der Waals surface area contributed by atoms with Crippen LogP contribution < -0.4 is 10.1 Å². The standard InChI is InChI=1S/C23H19N5O3/c1-30-22-12-17-16-9-5-6-10-20(16)31-21(17)13-18(22)25-23(29)19(28-14-24-26-27-28)11-15-7-3-2-4-8-15/h2-10,12-14,19H,11H2,1H3,(H,25,29)/t19-/m0/s1. The number of nitrogens with zero attached hydrogens (tertiary/aromatic N) is 4. The molecule has 0 unspecified atom stereocenters. The van der Waals surface area contributed by atoms with Crippen molar-refractivity contribution in [3.05, 3.63) is 78.6 Å². The first-order chi connectivity index (χ1) is 15.2. The SMILES string of the molecule is COc1cc2c(cc1NC(=O)[C@H](Cc1ccccc1)n1cnnn1)oc1ccccc12. The minimum absolute atomic E-state index is 0.259. The molecular formula is C23H19N5O3. The fraction of sp³-hybridized carbons (Fsp3) is 0.130. The summed E-state index contributed by atoms with van der Waals surface area (Å²) in [4.78, 5) is 13.3. The highest BCUT2D eigenvalue weighted by Gasteiger charge is 2.24. The lowest BCUT2D eigenvalue weighted by Crippen LogP contribution is -2.28. The Balaban J connectivity index is 1.50. The Labute approximate surface area is 177 Å². The highest BCUT2D eigenvalue weighted by Crippen LogP contribution is 2.36. The fourth-order valence-electron chi connectivity index (χ4n) is 3.69. The molecule has 2 heterocycles. The van der Waals surface area contributed by atoms with Gasteiger partial charge in [0.25, 0.3) is 0 Å². The molecule has 31 heavy (non-hydrogen) atoms. The number of aromatic nitrogens is 4. The number of fused-ring (bicyclic) bond motifs is 3. The number of anilines is 1. The molecule has 3 aromatic carbocycles. The van der Waals surface area contributed by atoms with Gasteiger partial charge in [0.1, 0.15) is 29.3 Å². The summed E-state index contributed by atoms with van der Waals surface area (Å²) in [5, 5.41) is 16.2. The molecule has 0 fully saturated rings. The van der Waals surface area contributed by atoms with Crippen molar-refractivity contribution in [2.75, 3.05) is 12.4 Å². The predicted octanol–water partition coefficient (Wildman–Crippen LogP) is 4.00. The van der Waals surface area contributed by atoms with Crippen LogP contribution in [0.5, 0.6) is 5.75 Å². The molecule has 0 saturated heterocycles. The minimum Gasteiger partial charge on any atom is -0.495 e. The van der Waals surface area contributed by atoms with Gasteiger partial charge in [-0.2, -0.15) is 0 Å². The summed E-state index contributed by atoms with van der Waals surface area (Å²) in [7, 11) is 1.57. The van der Waals surface area contributed by atoms with Crippen LogP contribution in [-0.2, 0) is 11.2 Å². The molecule has 0 aliphatic heterocycles. The molecule has 5 rings (SSSR count). The van der Waals surface area contributed by atoms with Gasteiger partial charge in [-0.25, -0.2) is 4.68 Å². The van der Waals surface area contributed by atoms with Crippen LogP contribution in [0.1, 0.15) is 11.6 Å². The Hall–Kier alpha value is -4.20. The molecule has 0 saturated carbocycles. The van der Waals surface area contributed by atoms with Gasteiger partial charge >= 0.3 is 0 Å². The third-order valence-electron chi connectivity index (χ3n) is 5.22. The summed E-state index contributed by atoms with van der Waals surface area (Å²) in [6.45, 7) is 0. The average Bonchev–Trinajstić information content (AvgIpc) is 3.45. The smallest absolute Gasteiger partial charge is 0.249 e. The number of methoxy groups -OCH3 is 1. The summed E-state index contributed by atoms with van der Waals surface area (Å²) in [5.74, 6) is 0.285. The van der Waals surface area contributed by atoms with E-state index >= 15 is 0 Å². The molecule has 0 spiro atoms. The highest BCUT2D eigenvalue weighted by atomic mass is 16.5. The van der Waals surface area contributed by atoms with Crippen molar-refractivity contribution >= 4 is 33.5 Å². The van der Waals surface area contributed by atoms with Crippen LogP contribution in [0.3, 0.4) is 0 Å². The van der Waals surface area contributed by atoms with E-state index in [1.807, 2.05) is 60.7 Å². The molecular weight excluding hydrogens is 394 g/mol. The monoisotopic (exact) mass is 413 g/mol. The van der Waals surface area contributed by atoms with E-state index in [0.717, 1.165) is 21.9 Å². The number of furan rings is 1. The number of hydrogen-bond acceptors (Lipinski definition) is 6. The third-order valence-corrected chi connectivity index (χ3v) is 5.22. The zero-order valence-corrected chi connectivity index (χ0v) is 16.7. The lowest BCUT2D eigenvalue weighted by molar-refractivity contribution is -0.119. The van der Waals surface area contributed by atoms with Crippen LogP contribution in [0.15, 0.2) is 77.5 Å². The van der Waals surface area contributed by atoms with Crippen LogP contribution in [-0.4, -0.2) is 33.2 Å². The van der Waals surface area contributed by atoms with Gasteiger partial charge in [-0.05, 0) is 28.1 Å². The molecule has 1 atom stereocenters. The molecule has 5 aromatic rings. The summed E-state index contributed by atoms with van der Waals surface area (Å²) in [6, 6.07) is 20.5. The predicted molar refractivity (Wildman–Crippen MR) is 116 cm³/mol. The van der Waals surface area contributed by atoms with Crippen LogP contribution in [0.4, 0.5) is 5.69 Å². The van der Waals surface area contributed by atoms with Gasteiger partial charge in [0.2, 0.25) is 5.91 Å². The Morgan fingerprint density at radius 2 is 1.87 bits per heavy atom. The van der Waals surface area contributed by atoms with E-state index in [-0.39, 0.29) is 5.91 Å². The number of tetrazole rings is 1. The first-order valence-electron chi connectivity index (χ1n) is 9.79. The highest BCUT2D eigenvalue weighted by molar-refractivity contribution is 6.08. The first-order valence-corrected chi connectivity index (χ1v) is 9.79. The molecule has 0 bridgehead atoms. The van der Waals surface area contributed by atoms with Crippen molar-refractivity contribution in [1.82, 2.24) is 20.2 Å². The number of amides is 1. The van der Waals surface area contributed by atoms with Crippen molar-refractivity contribution in [2.24, 2.45) is 0 Å². The molecule has 154 valence electrons. The lowest BCUT2D eigenvalue weighted by atomic mass is 10.1. The second-order valence-electron chi connectivity index (χ2n) is 7.13. The molecule has 1 N–H and O–H groups in total. The van der Waals surface area contributed by atoms with Gasteiger partial charge in [0.15, 0.2) is 0 Å². The number of hydrogen-bond donors (Lipinski definition) is 1. The second kappa shape index (κ2) is 7.91. The van der Waals surface area contributed by atoms with Gasteiger partial charge in [-0.1, -0.05) is 48.5 Å². The molecule has 2 aromatic heterocycles. The van der Waals surface area contributed by atoms with Crippen molar-refractivity contribution in [3.63, 3.8) is 0 Å². The van der Waals surface area contributed by atoms with Crippen LogP contribution in [0.25, 0.3) is 21.9 Å². The number of carbonyl (C=O) groups excluding carboxylic acids is 1. The summed E-state index contributed by atoms with van der Waals surface area (Å²) >= 11 is 0. The van der Waals surface area contributed by atoms with Crippen molar-refractivity contribution in [1.29, 1.82) is 0 Å². The summed E-state index contributed by atoms with van der Waals surface area (Å²) in [5.41, 5.74) is 2.96. The first kappa shape index (κ1) is 18.8. The number of ether oxygens (including phenoxy) is 1. The van der Waals surface area contributed by atoms with Crippen LogP contribution in [0, 0.1) is 0 Å².